The lowest BCUT2D eigenvalue weighted by Crippen LogP contribution is -2.53. The van der Waals surface area contributed by atoms with E-state index in [9.17, 15) is 14.4 Å². The molecular formula is C19H21N3O4. The second-order valence-corrected chi connectivity index (χ2v) is 7.16. The zero-order valence-corrected chi connectivity index (χ0v) is 14.7. The van der Waals surface area contributed by atoms with Gasteiger partial charge >= 0.3 is 6.09 Å². The van der Waals surface area contributed by atoms with Gasteiger partial charge in [0.1, 0.15) is 12.1 Å². The van der Waals surface area contributed by atoms with Crippen molar-refractivity contribution in [1.82, 2.24) is 14.4 Å². The van der Waals surface area contributed by atoms with Gasteiger partial charge in [-0.15, -0.1) is 0 Å². The van der Waals surface area contributed by atoms with E-state index in [-0.39, 0.29) is 24.1 Å². The topological polar surface area (TPSA) is 71.8 Å². The van der Waals surface area contributed by atoms with Crippen LogP contribution in [-0.4, -0.2) is 58.7 Å². The maximum Gasteiger partial charge on any atom is 0.410 e. The van der Waals surface area contributed by atoms with Crippen molar-refractivity contribution < 1.29 is 14.3 Å². The van der Waals surface area contributed by atoms with E-state index in [0.717, 1.165) is 18.2 Å². The molecule has 1 spiro atoms. The molecule has 0 radical (unpaired) electrons. The summed E-state index contributed by atoms with van der Waals surface area (Å²) in [6.45, 7) is 1.48. The SMILES string of the molecule is CN1CC2(CCCN(C(=O)Cn3ccc4ccccc4c3=O)C2)OC1=O. The second kappa shape index (κ2) is 6.16. The zero-order valence-electron chi connectivity index (χ0n) is 14.7. The van der Waals surface area contributed by atoms with Crippen molar-refractivity contribution in [1.29, 1.82) is 0 Å². The minimum absolute atomic E-state index is 0.0104. The van der Waals surface area contributed by atoms with E-state index in [1.54, 1.807) is 29.1 Å². The summed E-state index contributed by atoms with van der Waals surface area (Å²) in [5.41, 5.74) is -0.788. The van der Waals surface area contributed by atoms with E-state index in [1.807, 2.05) is 24.3 Å². The molecule has 136 valence electrons. The third-order valence-electron chi connectivity index (χ3n) is 5.22. The van der Waals surface area contributed by atoms with Gasteiger partial charge in [0.05, 0.1) is 13.1 Å². The van der Waals surface area contributed by atoms with Crippen molar-refractivity contribution in [3.63, 3.8) is 0 Å². The summed E-state index contributed by atoms with van der Waals surface area (Å²) in [6, 6.07) is 9.18. The first-order valence-corrected chi connectivity index (χ1v) is 8.78. The van der Waals surface area contributed by atoms with Crippen LogP contribution in [0.4, 0.5) is 4.79 Å². The van der Waals surface area contributed by atoms with Crippen LogP contribution in [0, 0.1) is 0 Å². The number of carbonyl (C=O) groups is 2. The fraction of sp³-hybridized carbons (Fsp3) is 0.421. The fourth-order valence-electron chi connectivity index (χ4n) is 3.92. The molecule has 4 rings (SSSR count). The van der Waals surface area contributed by atoms with E-state index >= 15 is 0 Å². The molecule has 0 aliphatic carbocycles. The number of pyridine rings is 1. The van der Waals surface area contributed by atoms with Gasteiger partial charge in [-0.1, -0.05) is 18.2 Å². The molecule has 1 unspecified atom stereocenters. The van der Waals surface area contributed by atoms with Gasteiger partial charge < -0.3 is 19.1 Å². The molecule has 2 aliphatic rings. The summed E-state index contributed by atoms with van der Waals surface area (Å²) in [4.78, 5) is 40.4. The average Bonchev–Trinajstić information content (AvgIpc) is 2.90. The van der Waals surface area contributed by atoms with Gasteiger partial charge in [-0.2, -0.15) is 0 Å². The number of rotatable bonds is 2. The molecule has 0 bridgehead atoms. The minimum Gasteiger partial charge on any atom is -0.439 e. The predicted molar refractivity (Wildman–Crippen MR) is 95.9 cm³/mol. The fourth-order valence-corrected chi connectivity index (χ4v) is 3.92. The van der Waals surface area contributed by atoms with Crippen molar-refractivity contribution in [3.8, 4) is 0 Å². The largest absolute Gasteiger partial charge is 0.439 e. The normalized spacial score (nSPS) is 22.9. The number of fused-ring (bicyclic) bond motifs is 1. The molecule has 2 aromatic rings. The third-order valence-corrected chi connectivity index (χ3v) is 5.22. The molecule has 2 saturated heterocycles. The van der Waals surface area contributed by atoms with Gasteiger partial charge in [-0.25, -0.2) is 4.79 Å². The average molecular weight is 355 g/mol. The van der Waals surface area contributed by atoms with Crippen LogP contribution >= 0.6 is 0 Å². The molecule has 1 aromatic carbocycles. The van der Waals surface area contributed by atoms with Gasteiger partial charge in [-0.3, -0.25) is 9.59 Å². The highest BCUT2D eigenvalue weighted by molar-refractivity contribution is 5.82. The number of likely N-dealkylation sites (N-methyl/N-ethyl adjacent to an activating group) is 1. The number of nitrogens with zero attached hydrogens (tertiary/aromatic N) is 3. The molecule has 2 aliphatic heterocycles. The number of benzene rings is 1. The summed E-state index contributed by atoms with van der Waals surface area (Å²) in [5.74, 6) is -0.132. The van der Waals surface area contributed by atoms with Gasteiger partial charge in [0, 0.05) is 25.2 Å². The Morgan fingerprint density at radius 2 is 2.00 bits per heavy atom. The van der Waals surface area contributed by atoms with E-state index in [2.05, 4.69) is 0 Å². The van der Waals surface area contributed by atoms with Gasteiger partial charge in [0.25, 0.3) is 5.56 Å². The van der Waals surface area contributed by atoms with E-state index in [1.165, 1.54) is 4.57 Å². The molecule has 0 N–H and O–H groups in total. The first-order valence-electron chi connectivity index (χ1n) is 8.78. The summed E-state index contributed by atoms with van der Waals surface area (Å²) in [6.07, 6.45) is 2.85. The van der Waals surface area contributed by atoms with Gasteiger partial charge in [-0.05, 0) is 30.4 Å². The molecule has 1 atom stereocenters. The Morgan fingerprint density at radius 3 is 2.77 bits per heavy atom. The van der Waals surface area contributed by atoms with Crippen LogP contribution in [-0.2, 0) is 16.1 Å². The molecule has 2 amide bonds. The molecule has 7 heteroatoms. The minimum atomic E-state index is -0.617. The quantitative estimate of drug-likeness (QED) is 0.817. The van der Waals surface area contributed by atoms with E-state index in [4.69, 9.17) is 4.74 Å². The number of hydrogen-bond acceptors (Lipinski definition) is 4. The highest BCUT2D eigenvalue weighted by Crippen LogP contribution is 2.31. The van der Waals surface area contributed by atoms with Crippen molar-refractivity contribution in [2.24, 2.45) is 0 Å². The molecule has 7 nitrogen and oxygen atoms in total. The van der Waals surface area contributed by atoms with Crippen molar-refractivity contribution in [2.75, 3.05) is 26.7 Å². The van der Waals surface area contributed by atoms with Crippen molar-refractivity contribution >= 4 is 22.8 Å². The smallest absolute Gasteiger partial charge is 0.410 e. The van der Waals surface area contributed by atoms with Gasteiger partial charge in [0.15, 0.2) is 0 Å². The summed E-state index contributed by atoms with van der Waals surface area (Å²) >= 11 is 0. The van der Waals surface area contributed by atoms with Crippen molar-refractivity contribution in [3.05, 3.63) is 46.9 Å². The molecule has 0 saturated carbocycles. The van der Waals surface area contributed by atoms with Crippen LogP contribution < -0.4 is 5.56 Å². The maximum absolute atomic E-state index is 12.8. The number of piperidine rings is 1. The molecule has 3 heterocycles. The Hall–Kier alpha value is -2.83. The van der Waals surface area contributed by atoms with Crippen LogP contribution in [0.3, 0.4) is 0 Å². The monoisotopic (exact) mass is 355 g/mol. The summed E-state index contributed by atoms with van der Waals surface area (Å²) < 4.78 is 6.98. The highest BCUT2D eigenvalue weighted by Gasteiger charge is 2.47. The zero-order chi connectivity index (χ0) is 18.3. The van der Waals surface area contributed by atoms with Gasteiger partial charge in [0.2, 0.25) is 5.91 Å². The Labute approximate surface area is 150 Å². The summed E-state index contributed by atoms with van der Waals surface area (Å²) in [5, 5.41) is 1.46. The molecule has 1 aromatic heterocycles. The van der Waals surface area contributed by atoms with E-state index in [0.29, 0.717) is 25.0 Å². The Morgan fingerprint density at radius 1 is 1.19 bits per heavy atom. The maximum atomic E-state index is 12.8. The van der Waals surface area contributed by atoms with Crippen molar-refractivity contribution in [2.45, 2.75) is 25.0 Å². The standard InChI is InChI=1S/C19H21N3O4/c1-20-12-19(26-18(20)25)8-4-9-22(13-19)16(23)11-21-10-7-14-5-2-3-6-15(14)17(21)24/h2-3,5-7,10H,4,8-9,11-13H2,1H3. The first-order chi connectivity index (χ1) is 12.5. The van der Waals surface area contributed by atoms with Crippen LogP contribution in [0.1, 0.15) is 12.8 Å². The number of likely N-dealkylation sites (tertiary alicyclic amines) is 1. The molecule has 2 fully saturated rings. The lowest BCUT2D eigenvalue weighted by atomic mass is 9.92. The lowest BCUT2D eigenvalue weighted by Gasteiger charge is -2.38. The van der Waals surface area contributed by atoms with Crippen LogP contribution in [0.25, 0.3) is 10.8 Å². The number of hydrogen-bond donors (Lipinski definition) is 0. The Balaban J connectivity index is 1.53. The number of aromatic nitrogens is 1. The number of carbonyl (C=O) groups excluding carboxylic acids is 2. The Kier molecular flexibility index (Phi) is 3.94. The molecular weight excluding hydrogens is 334 g/mol. The Bertz CT molecular complexity index is 938. The van der Waals surface area contributed by atoms with Crippen LogP contribution in [0.5, 0.6) is 0 Å². The molecule has 26 heavy (non-hydrogen) atoms. The number of amides is 2. The summed E-state index contributed by atoms with van der Waals surface area (Å²) in [7, 11) is 1.70. The number of ether oxygens (including phenoxy) is 1. The van der Waals surface area contributed by atoms with E-state index < -0.39 is 5.60 Å². The van der Waals surface area contributed by atoms with Crippen LogP contribution in [0.2, 0.25) is 0 Å². The second-order valence-electron chi connectivity index (χ2n) is 7.16. The third kappa shape index (κ3) is 2.83. The van der Waals surface area contributed by atoms with Crippen LogP contribution in [0.15, 0.2) is 41.3 Å². The predicted octanol–water partition coefficient (Wildman–Crippen LogP) is 1.44. The lowest BCUT2D eigenvalue weighted by molar-refractivity contribution is -0.137. The first kappa shape index (κ1) is 16.6. The highest BCUT2D eigenvalue weighted by atomic mass is 16.6.